The summed E-state index contributed by atoms with van der Waals surface area (Å²) in [5.41, 5.74) is 0.526. The van der Waals surface area contributed by atoms with Crippen molar-refractivity contribution in [3.05, 3.63) is 54.4 Å². The lowest BCUT2D eigenvalue weighted by molar-refractivity contribution is -0.671. The summed E-state index contributed by atoms with van der Waals surface area (Å²) in [5, 5.41) is 0. The number of hydrogen-bond acceptors (Lipinski definition) is 1. The number of halogens is 1. The molecule has 2 rings (SSSR count). The molecule has 0 spiro atoms. The molecule has 3 nitrogen and oxygen atoms in total. The van der Waals surface area contributed by atoms with E-state index in [0.717, 1.165) is 0 Å². The predicted molar refractivity (Wildman–Crippen MR) is 56.3 cm³/mol. The van der Waals surface area contributed by atoms with Crippen LogP contribution in [0.3, 0.4) is 0 Å². The van der Waals surface area contributed by atoms with Gasteiger partial charge in [-0.1, -0.05) is 0 Å². The normalized spacial score (nSPS) is 10.4. The minimum Gasteiger partial charge on any atom is -0.290 e. The molecule has 0 radical (unpaired) electrons. The van der Waals surface area contributed by atoms with Crippen molar-refractivity contribution in [1.82, 2.24) is 4.57 Å². The lowest BCUT2D eigenvalue weighted by Crippen LogP contribution is -2.24. The molecule has 0 atom stereocenters. The van der Waals surface area contributed by atoms with Gasteiger partial charge in [-0.25, -0.2) is 13.5 Å². The predicted octanol–water partition coefficient (Wildman–Crippen LogP) is 1.33. The number of hydrogen-bond donors (Lipinski definition) is 0. The Kier molecular flexibility index (Phi) is 2.81. The number of benzene rings is 1. The molecule has 0 fully saturated rings. The van der Waals surface area contributed by atoms with E-state index in [4.69, 9.17) is 0 Å². The Hall–Kier alpha value is -1.97. The highest BCUT2D eigenvalue weighted by Crippen LogP contribution is 2.04. The van der Waals surface area contributed by atoms with E-state index < -0.39 is 0 Å². The van der Waals surface area contributed by atoms with Crippen molar-refractivity contribution < 1.29 is 13.8 Å². The first-order chi connectivity index (χ1) is 7.65. The van der Waals surface area contributed by atoms with Gasteiger partial charge in [-0.3, -0.25) is 4.79 Å². The number of rotatable bonds is 3. The van der Waals surface area contributed by atoms with E-state index in [9.17, 15) is 9.18 Å². The van der Waals surface area contributed by atoms with Crippen LogP contribution in [0.4, 0.5) is 4.39 Å². The molecule has 0 aliphatic rings. The summed E-state index contributed by atoms with van der Waals surface area (Å²) in [6.07, 6.45) is 5.50. The summed E-state index contributed by atoms with van der Waals surface area (Å²) in [6, 6.07) is 5.59. The standard InChI is InChI=1S/C12H12FN2O/c1-14-6-7-15(9-14)8-12(16)10-2-4-11(13)5-3-10/h2-7,9H,8H2,1H3/q+1. The lowest BCUT2D eigenvalue weighted by Gasteiger charge is -1.97. The first-order valence-electron chi connectivity index (χ1n) is 4.95. The molecule has 0 aliphatic carbocycles. The second kappa shape index (κ2) is 4.26. The first-order valence-corrected chi connectivity index (χ1v) is 4.95. The van der Waals surface area contributed by atoms with Gasteiger partial charge in [0.25, 0.3) is 0 Å². The maximum Gasteiger partial charge on any atom is 0.243 e. The summed E-state index contributed by atoms with van der Waals surface area (Å²) >= 11 is 0. The Balaban J connectivity index is 2.11. The monoisotopic (exact) mass is 219 g/mol. The van der Waals surface area contributed by atoms with Crippen molar-refractivity contribution >= 4 is 5.78 Å². The Labute approximate surface area is 92.8 Å². The van der Waals surface area contributed by atoms with Gasteiger partial charge in [0.1, 0.15) is 18.2 Å². The lowest BCUT2D eigenvalue weighted by atomic mass is 10.1. The number of ketones is 1. The van der Waals surface area contributed by atoms with Crippen LogP contribution in [0.5, 0.6) is 0 Å². The van der Waals surface area contributed by atoms with Crippen molar-refractivity contribution in [3.63, 3.8) is 0 Å². The Morgan fingerprint density at radius 2 is 2.06 bits per heavy atom. The topological polar surface area (TPSA) is 25.9 Å². The molecular weight excluding hydrogens is 207 g/mol. The molecule has 1 aromatic heterocycles. The second-order valence-electron chi connectivity index (χ2n) is 3.68. The first kappa shape index (κ1) is 10.5. The van der Waals surface area contributed by atoms with Gasteiger partial charge in [0.05, 0.1) is 7.05 Å². The van der Waals surface area contributed by atoms with Crippen molar-refractivity contribution in [2.75, 3.05) is 0 Å². The van der Waals surface area contributed by atoms with E-state index >= 15 is 0 Å². The van der Waals surface area contributed by atoms with Gasteiger partial charge in [0.2, 0.25) is 12.1 Å². The van der Waals surface area contributed by atoms with Gasteiger partial charge in [-0.05, 0) is 24.3 Å². The summed E-state index contributed by atoms with van der Waals surface area (Å²) in [6.45, 7) is 0.270. The molecule has 4 heteroatoms. The van der Waals surface area contributed by atoms with Crippen LogP contribution in [0.15, 0.2) is 43.0 Å². The van der Waals surface area contributed by atoms with Crippen molar-refractivity contribution in [1.29, 1.82) is 0 Å². The number of Topliss-reactive ketones (excluding diaryl/α,β-unsaturated/α-hetero) is 1. The minimum atomic E-state index is -0.330. The van der Waals surface area contributed by atoms with Crippen molar-refractivity contribution in [2.24, 2.45) is 7.05 Å². The van der Waals surface area contributed by atoms with Crippen LogP contribution < -0.4 is 4.57 Å². The SMILES string of the molecule is C[n+]1ccn(CC(=O)c2ccc(F)cc2)c1. The smallest absolute Gasteiger partial charge is 0.243 e. The van der Waals surface area contributed by atoms with Gasteiger partial charge < -0.3 is 0 Å². The Bertz CT molecular complexity index is 502. The molecule has 16 heavy (non-hydrogen) atoms. The Morgan fingerprint density at radius 1 is 1.38 bits per heavy atom. The van der Waals surface area contributed by atoms with Crippen LogP contribution in [0.2, 0.25) is 0 Å². The highest BCUT2D eigenvalue weighted by atomic mass is 19.1. The van der Waals surface area contributed by atoms with E-state index in [-0.39, 0.29) is 18.1 Å². The molecule has 1 aromatic carbocycles. The third-order valence-electron chi connectivity index (χ3n) is 2.32. The fraction of sp³-hybridized carbons (Fsp3) is 0.167. The molecule has 2 aromatic rings. The zero-order valence-electron chi connectivity index (χ0n) is 8.93. The number of nitrogens with zero attached hydrogens (tertiary/aromatic N) is 2. The summed E-state index contributed by atoms with van der Waals surface area (Å²) < 4.78 is 16.3. The van der Waals surface area contributed by atoms with Crippen LogP contribution >= 0.6 is 0 Å². The molecule has 0 saturated carbocycles. The van der Waals surface area contributed by atoms with E-state index in [1.807, 2.05) is 30.3 Å². The van der Waals surface area contributed by atoms with Crippen molar-refractivity contribution in [2.45, 2.75) is 6.54 Å². The van der Waals surface area contributed by atoms with Gasteiger partial charge in [0.15, 0.2) is 6.54 Å². The third-order valence-corrected chi connectivity index (χ3v) is 2.32. The molecule has 0 unspecified atom stereocenters. The molecular formula is C12H12FN2O+. The van der Waals surface area contributed by atoms with Gasteiger partial charge in [0, 0.05) is 5.56 Å². The summed E-state index contributed by atoms with van der Waals surface area (Å²) in [5.74, 6) is -0.361. The van der Waals surface area contributed by atoms with E-state index in [1.165, 1.54) is 24.3 Å². The molecule has 82 valence electrons. The summed E-state index contributed by atoms with van der Waals surface area (Å²) in [4.78, 5) is 11.8. The fourth-order valence-electron chi connectivity index (χ4n) is 1.49. The van der Waals surface area contributed by atoms with E-state index in [0.29, 0.717) is 5.56 Å². The maximum atomic E-state index is 12.7. The van der Waals surface area contributed by atoms with Gasteiger partial charge in [-0.15, -0.1) is 0 Å². The quantitative estimate of drug-likeness (QED) is 0.565. The van der Waals surface area contributed by atoms with Crippen LogP contribution in [0.1, 0.15) is 10.4 Å². The van der Waals surface area contributed by atoms with Crippen LogP contribution in [0.25, 0.3) is 0 Å². The molecule has 0 N–H and O–H groups in total. The summed E-state index contributed by atoms with van der Waals surface area (Å²) in [7, 11) is 1.89. The average molecular weight is 219 g/mol. The number of aromatic nitrogens is 2. The zero-order chi connectivity index (χ0) is 11.5. The van der Waals surface area contributed by atoms with E-state index in [2.05, 4.69) is 0 Å². The molecule has 0 bridgehead atoms. The molecule has 0 aliphatic heterocycles. The van der Waals surface area contributed by atoms with Crippen LogP contribution in [-0.4, -0.2) is 10.4 Å². The highest BCUT2D eigenvalue weighted by Gasteiger charge is 2.10. The average Bonchev–Trinajstić information content (AvgIpc) is 2.65. The fourth-order valence-corrected chi connectivity index (χ4v) is 1.49. The van der Waals surface area contributed by atoms with Crippen LogP contribution in [0, 0.1) is 5.82 Å². The Morgan fingerprint density at radius 3 is 2.62 bits per heavy atom. The van der Waals surface area contributed by atoms with Gasteiger partial charge in [-0.2, -0.15) is 0 Å². The number of imidazole rings is 1. The maximum absolute atomic E-state index is 12.7. The number of carbonyl (C=O) groups excluding carboxylic acids is 1. The zero-order valence-corrected chi connectivity index (χ0v) is 8.93. The molecule has 0 saturated heterocycles. The third kappa shape index (κ3) is 2.34. The van der Waals surface area contributed by atoms with Crippen molar-refractivity contribution in [3.8, 4) is 0 Å². The van der Waals surface area contributed by atoms with Crippen LogP contribution in [-0.2, 0) is 13.6 Å². The molecule has 1 heterocycles. The second-order valence-corrected chi connectivity index (χ2v) is 3.68. The minimum absolute atomic E-state index is 0.0313. The number of carbonyl (C=O) groups is 1. The largest absolute Gasteiger partial charge is 0.290 e. The highest BCUT2D eigenvalue weighted by molar-refractivity contribution is 5.95. The number of aryl methyl sites for hydroxylation is 1. The molecule has 0 amide bonds. The van der Waals surface area contributed by atoms with Gasteiger partial charge >= 0.3 is 0 Å². The van der Waals surface area contributed by atoms with E-state index in [1.54, 1.807) is 4.57 Å².